The third-order valence-corrected chi connectivity index (χ3v) is 8.26. The number of allylic oxidation sites excluding steroid dienone is 2. The average molecular weight is 583 g/mol. The molecule has 1 aromatic carbocycles. The van der Waals surface area contributed by atoms with Gasteiger partial charge in [-0.1, -0.05) is 26.0 Å². The number of hydrogen-bond acceptors (Lipinski definition) is 4. The standard InChI is InChI=1S/C38H62O4/c1-33(2,3)39-30-21-20-29(25-31(30)40-34(4,5)6)37(13,14)28-18-16-26(17-19-28)27-22-23-38(15,42-36(10,11)12)32(24-27)41-35(7,8)9/h20-28H,16-19H2,1-15H3. The van der Waals surface area contributed by atoms with E-state index in [1.165, 1.54) is 31.2 Å². The molecule has 1 fully saturated rings. The molecule has 4 nitrogen and oxygen atoms in total. The van der Waals surface area contributed by atoms with Crippen molar-refractivity contribution >= 4 is 0 Å². The molecule has 0 heterocycles. The van der Waals surface area contributed by atoms with Crippen LogP contribution in [-0.2, 0) is 14.9 Å². The minimum absolute atomic E-state index is 0.0269. The van der Waals surface area contributed by atoms with Gasteiger partial charge in [-0.05, 0) is 163 Å². The molecule has 0 amide bonds. The summed E-state index contributed by atoms with van der Waals surface area (Å²) >= 11 is 0. The number of rotatable bonds is 7. The van der Waals surface area contributed by atoms with E-state index in [0.717, 1.165) is 17.3 Å². The second kappa shape index (κ2) is 11.9. The Bertz CT molecular complexity index is 1120. The summed E-state index contributed by atoms with van der Waals surface area (Å²) in [6, 6.07) is 6.60. The van der Waals surface area contributed by atoms with Crippen LogP contribution >= 0.6 is 0 Å². The van der Waals surface area contributed by atoms with Crippen LogP contribution in [0.15, 0.2) is 42.2 Å². The van der Waals surface area contributed by atoms with Crippen LogP contribution < -0.4 is 9.47 Å². The largest absolute Gasteiger partial charge is 0.489 e. The van der Waals surface area contributed by atoms with Gasteiger partial charge < -0.3 is 18.9 Å². The molecule has 0 saturated heterocycles. The molecule has 4 heteroatoms. The topological polar surface area (TPSA) is 36.9 Å². The van der Waals surface area contributed by atoms with E-state index in [9.17, 15) is 0 Å². The van der Waals surface area contributed by atoms with Crippen molar-refractivity contribution in [3.63, 3.8) is 0 Å². The first-order valence-electron chi connectivity index (χ1n) is 16.2. The maximum Gasteiger partial charge on any atom is 0.162 e. The second-order valence-corrected chi connectivity index (χ2v) is 17.4. The van der Waals surface area contributed by atoms with Gasteiger partial charge in [0.05, 0.1) is 5.60 Å². The molecule has 0 bridgehead atoms. The molecule has 0 aromatic heterocycles. The Morgan fingerprint density at radius 3 is 1.67 bits per heavy atom. The van der Waals surface area contributed by atoms with Crippen LogP contribution in [0.25, 0.3) is 0 Å². The Kier molecular flexibility index (Phi) is 9.76. The van der Waals surface area contributed by atoms with Gasteiger partial charge in [0.2, 0.25) is 0 Å². The molecule has 0 radical (unpaired) electrons. The van der Waals surface area contributed by atoms with Crippen molar-refractivity contribution in [1.82, 2.24) is 0 Å². The summed E-state index contributed by atoms with van der Waals surface area (Å²) in [5, 5.41) is 0. The molecule has 2 unspecified atom stereocenters. The van der Waals surface area contributed by atoms with Crippen LogP contribution in [-0.4, -0.2) is 28.0 Å². The van der Waals surface area contributed by atoms with Gasteiger partial charge in [0.25, 0.3) is 0 Å². The van der Waals surface area contributed by atoms with E-state index in [1.54, 1.807) is 0 Å². The summed E-state index contributed by atoms with van der Waals surface area (Å²) in [5.41, 5.74) is -0.363. The Hall–Kier alpha value is -1.94. The second-order valence-electron chi connectivity index (χ2n) is 17.4. The highest BCUT2D eigenvalue weighted by Gasteiger charge is 2.41. The molecule has 2 atom stereocenters. The summed E-state index contributed by atoms with van der Waals surface area (Å²) in [7, 11) is 0. The Balaban J connectivity index is 1.79. The van der Waals surface area contributed by atoms with Crippen LogP contribution in [0.3, 0.4) is 0 Å². The molecule has 0 N–H and O–H groups in total. The van der Waals surface area contributed by atoms with Crippen LogP contribution in [0, 0.1) is 17.8 Å². The van der Waals surface area contributed by atoms with Crippen LogP contribution in [0.2, 0.25) is 0 Å². The Morgan fingerprint density at radius 1 is 0.643 bits per heavy atom. The third-order valence-electron chi connectivity index (χ3n) is 8.26. The molecule has 3 rings (SSSR count). The van der Waals surface area contributed by atoms with Gasteiger partial charge in [-0.2, -0.15) is 0 Å². The quantitative estimate of drug-likeness (QED) is 0.300. The lowest BCUT2D eigenvalue weighted by Gasteiger charge is -2.44. The lowest BCUT2D eigenvalue weighted by Crippen LogP contribution is -2.42. The minimum Gasteiger partial charge on any atom is -0.489 e. The summed E-state index contributed by atoms with van der Waals surface area (Å²) in [4.78, 5) is 0. The molecule has 1 aromatic rings. The lowest BCUT2D eigenvalue weighted by atomic mass is 9.64. The fourth-order valence-corrected chi connectivity index (χ4v) is 6.45. The van der Waals surface area contributed by atoms with Gasteiger partial charge in [0.1, 0.15) is 28.2 Å². The fraction of sp³-hybridized carbons (Fsp3) is 0.737. The predicted molar refractivity (Wildman–Crippen MR) is 176 cm³/mol. The van der Waals surface area contributed by atoms with E-state index in [2.05, 4.69) is 140 Å². The fourth-order valence-electron chi connectivity index (χ4n) is 6.45. The highest BCUT2D eigenvalue weighted by Crippen LogP contribution is 2.48. The van der Waals surface area contributed by atoms with Gasteiger partial charge >= 0.3 is 0 Å². The lowest BCUT2D eigenvalue weighted by molar-refractivity contribution is -0.116. The number of ether oxygens (including phenoxy) is 4. The summed E-state index contributed by atoms with van der Waals surface area (Å²) in [6.07, 6.45) is 11.8. The molecule has 2 aliphatic rings. The maximum atomic E-state index is 6.55. The van der Waals surface area contributed by atoms with Crippen LogP contribution in [0.1, 0.15) is 135 Å². The van der Waals surface area contributed by atoms with Gasteiger partial charge in [-0.15, -0.1) is 0 Å². The summed E-state index contributed by atoms with van der Waals surface area (Å²) in [5.74, 6) is 4.16. The predicted octanol–water partition coefficient (Wildman–Crippen LogP) is 10.6. The minimum atomic E-state index is -0.559. The molecule has 238 valence electrons. The van der Waals surface area contributed by atoms with Crippen molar-refractivity contribution in [2.24, 2.45) is 17.8 Å². The van der Waals surface area contributed by atoms with Crippen molar-refractivity contribution in [3.05, 3.63) is 47.7 Å². The molecule has 0 spiro atoms. The molecule has 1 saturated carbocycles. The van der Waals surface area contributed by atoms with Crippen molar-refractivity contribution in [1.29, 1.82) is 0 Å². The van der Waals surface area contributed by atoms with Crippen molar-refractivity contribution in [3.8, 4) is 11.5 Å². The smallest absolute Gasteiger partial charge is 0.162 e. The van der Waals surface area contributed by atoms with Crippen LogP contribution in [0.5, 0.6) is 11.5 Å². The normalized spacial score (nSPS) is 26.1. The van der Waals surface area contributed by atoms with E-state index in [1.807, 2.05) is 0 Å². The van der Waals surface area contributed by atoms with Gasteiger partial charge in [-0.3, -0.25) is 0 Å². The van der Waals surface area contributed by atoms with Crippen LogP contribution in [0.4, 0.5) is 0 Å². The molecular weight excluding hydrogens is 520 g/mol. The highest BCUT2D eigenvalue weighted by molar-refractivity contribution is 5.46. The number of hydrogen-bond donors (Lipinski definition) is 0. The zero-order valence-corrected chi connectivity index (χ0v) is 29.7. The molecule has 42 heavy (non-hydrogen) atoms. The third kappa shape index (κ3) is 9.53. The van der Waals surface area contributed by atoms with Gasteiger partial charge in [0.15, 0.2) is 11.5 Å². The van der Waals surface area contributed by atoms with E-state index in [0.29, 0.717) is 17.8 Å². The van der Waals surface area contributed by atoms with E-state index in [-0.39, 0.29) is 27.8 Å². The first kappa shape index (κ1) is 34.5. The zero-order valence-electron chi connectivity index (χ0n) is 29.7. The Morgan fingerprint density at radius 2 is 1.17 bits per heavy atom. The summed E-state index contributed by atoms with van der Waals surface area (Å²) < 4.78 is 25.8. The average Bonchev–Trinajstić information content (AvgIpc) is 2.78. The Labute approximate surface area is 258 Å². The first-order valence-corrected chi connectivity index (χ1v) is 16.2. The van der Waals surface area contributed by atoms with Crippen molar-refractivity contribution in [2.45, 2.75) is 163 Å². The zero-order chi connectivity index (χ0) is 31.9. The van der Waals surface area contributed by atoms with E-state index in [4.69, 9.17) is 18.9 Å². The van der Waals surface area contributed by atoms with Crippen molar-refractivity contribution in [2.75, 3.05) is 0 Å². The van der Waals surface area contributed by atoms with E-state index >= 15 is 0 Å². The maximum absolute atomic E-state index is 6.55. The SMILES string of the molecule is CC(C)(C)OC1=CC(C2CCC(C(C)(C)c3ccc(OC(C)(C)C)c(OC(C)(C)C)c3)CC2)C=CC1(C)OC(C)(C)C. The first-order chi connectivity index (χ1) is 18.9. The van der Waals surface area contributed by atoms with Gasteiger partial charge in [-0.25, -0.2) is 0 Å². The summed E-state index contributed by atoms with van der Waals surface area (Å²) in [6.45, 7) is 32.2. The van der Waals surface area contributed by atoms with Gasteiger partial charge in [0, 0.05) is 5.92 Å². The van der Waals surface area contributed by atoms with Crippen molar-refractivity contribution < 1.29 is 18.9 Å². The molecular formula is C38H62O4. The van der Waals surface area contributed by atoms with E-state index < -0.39 is 5.60 Å². The molecule has 0 aliphatic heterocycles. The number of benzene rings is 1. The molecule has 2 aliphatic carbocycles. The monoisotopic (exact) mass is 582 g/mol. The highest BCUT2D eigenvalue weighted by atomic mass is 16.6.